The quantitative estimate of drug-likeness (QED) is 0.928. The van der Waals surface area contributed by atoms with E-state index in [0.717, 1.165) is 22.4 Å². The van der Waals surface area contributed by atoms with Crippen LogP contribution in [0.4, 0.5) is 11.4 Å². The molecule has 0 atom stereocenters. The van der Waals surface area contributed by atoms with Crippen molar-refractivity contribution in [3.8, 4) is 0 Å². The Hall–Kier alpha value is -1.55. The van der Waals surface area contributed by atoms with Crippen LogP contribution in [0.25, 0.3) is 0 Å². The second kappa shape index (κ2) is 6.06. The minimum absolute atomic E-state index is 0.771. The topological polar surface area (TPSA) is 28.2 Å². The Bertz CT molecular complexity index is 567. The summed E-state index contributed by atoms with van der Waals surface area (Å²) in [5.41, 5.74) is 4.67. The molecule has 100 valence electrons. The van der Waals surface area contributed by atoms with Gasteiger partial charge in [-0.2, -0.15) is 0 Å². The molecule has 1 aromatic carbocycles. The smallest absolute Gasteiger partial charge is 0.0766 e. The van der Waals surface area contributed by atoms with Gasteiger partial charge >= 0.3 is 0 Å². The van der Waals surface area contributed by atoms with Gasteiger partial charge in [0, 0.05) is 31.3 Å². The Balaban J connectivity index is 2.14. The van der Waals surface area contributed by atoms with Crippen LogP contribution in [-0.4, -0.2) is 19.1 Å². The fourth-order valence-electron chi connectivity index (χ4n) is 1.90. The van der Waals surface area contributed by atoms with Gasteiger partial charge in [0.1, 0.15) is 0 Å². The van der Waals surface area contributed by atoms with Gasteiger partial charge in [0.25, 0.3) is 0 Å². The Kier molecular flexibility index (Phi) is 4.43. The molecule has 0 aliphatic heterocycles. The van der Waals surface area contributed by atoms with Crippen LogP contribution < -0.4 is 10.2 Å². The summed E-state index contributed by atoms with van der Waals surface area (Å²) in [7, 11) is 4.06. The number of anilines is 2. The highest BCUT2D eigenvalue weighted by molar-refractivity contribution is 9.10. The van der Waals surface area contributed by atoms with E-state index in [2.05, 4.69) is 56.3 Å². The summed E-state index contributed by atoms with van der Waals surface area (Å²) in [5, 5.41) is 3.44. The number of pyridine rings is 1. The van der Waals surface area contributed by atoms with Crippen LogP contribution in [0.5, 0.6) is 0 Å². The fourth-order valence-corrected chi connectivity index (χ4v) is 2.53. The van der Waals surface area contributed by atoms with E-state index in [9.17, 15) is 0 Å². The molecule has 0 bridgehead atoms. The van der Waals surface area contributed by atoms with Crippen LogP contribution in [0.2, 0.25) is 0 Å². The molecule has 0 amide bonds. The zero-order valence-electron chi connectivity index (χ0n) is 11.4. The summed E-state index contributed by atoms with van der Waals surface area (Å²) < 4.78 is 1.13. The number of nitrogens with zero attached hydrogens (tertiary/aromatic N) is 2. The van der Waals surface area contributed by atoms with Crippen molar-refractivity contribution in [1.29, 1.82) is 0 Å². The number of aryl methyl sites for hydroxylation is 1. The van der Waals surface area contributed by atoms with Crippen LogP contribution >= 0.6 is 15.9 Å². The number of halogens is 1. The third-order valence-electron chi connectivity index (χ3n) is 2.96. The first kappa shape index (κ1) is 13.9. The van der Waals surface area contributed by atoms with Crippen LogP contribution in [0.15, 0.2) is 41.1 Å². The Morgan fingerprint density at radius 2 is 2.05 bits per heavy atom. The molecule has 2 aromatic rings. The number of hydrogen-bond donors (Lipinski definition) is 1. The van der Waals surface area contributed by atoms with Gasteiger partial charge in [0.2, 0.25) is 0 Å². The molecule has 1 N–H and O–H groups in total. The minimum atomic E-state index is 0.771. The second-order valence-corrected chi connectivity index (χ2v) is 5.59. The van der Waals surface area contributed by atoms with E-state index in [4.69, 9.17) is 0 Å². The predicted molar refractivity (Wildman–Crippen MR) is 84.8 cm³/mol. The minimum Gasteiger partial charge on any atom is -0.378 e. The van der Waals surface area contributed by atoms with E-state index >= 15 is 0 Å². The maximum absolute atomic E-state index is 4.18. The van der Waals surface area contributed by atoms with E-state index < -0.39 is 0 Å². The van der Waals surface area contributed by atoms with E-state index in [0.29, 0.717) is 0 Å². The SMILES string of the molecule is Cc1ccc(CNc2cnccc2N(C)C)c(Br)c1. The summed E-state index contributed by atoms with van der Waals surface area (Å²) in [6.07, 6.45) is 3.67. The molecule has 1 aromatic heterocycles. The molecule has 0 unspecified atom stereocenters. The van der Waals surface area contributed by atoms with Gasteiger partial charge in [0.15, 0.2) is 0 Å². The number of benzene rings is 1. The van der Waals surface area contributed by atoms with Crippen LogP contribution in [-0.2, 0) is 6.54 Å². The van der Waals surface area contributed by atoms with Gasteiger partial charge in [-0.25, -0.2) is 0 Å². The van der Waals surface area contributed by atoms with Gasteiger partial charge in [-0.15, -0.1) is 0 Å². The number of aromatic nitrogens is 1. The molecule has 0 fully saturated rings. The lowest BCUT2D eigenvalue weighted by molar-refractivity contribution is 1.08. The van der Waals surface area contributed by atoms with E-state index in [1.807, 2.05) is 32.6 Å². The lowest BCUT2D eigenvalue weighted by Gasteiger charge is -2.18. The van der Waals surface area contributed by atoms with E-state index in [1.165, 1.54) is 11.1 Å². The molecular formula is C15H18BrN3. The lowest BCUT2D eigenvalue weighted by Crippen LogP contribution is -2.12. The zero-order chi connectivity index (χ0) is 13.8. The van der Waals surface area contributed by atoms with Crippen molar-refractivity contribution in [2.45, 2.75) is 13.5 Å². The molecular weight excluding hydrogens is 302 g/mol. The molecule has 19 heavy (non-hydrogen) atoms. The molecule has 1 heterocycles. The predicted octanol–water partition coefficient (Wildman–Crippen LogP) is 3.83. The van der Waals surface area contributed by atoms with Gasteiger partial charge in [0.05, 0.1) is 17.6 Å². The van der Waals surface area contributed by atoms with Crippen molar-refractivity contribution in [3.05, 3.63) is 52.3 Å². The van der Waals surface area contributed by atoms with Gasteiger partial charge in [-0.3, -0.25) is 4.98 Å². The van der Waals surface area contributed by atoms with Crippen molar-refractivity contribution in [1.82, 2.24) is 4.98 Å². The summed E-state index contributed by atoms with van der Waals surface area (Å²) in [6, 6.07) is 8.40. The molecule has 0 radical (unpaired) electrons. The average molecular weight is 320 g/mol. The highest BCUT2D eigenvalue weighted by atomic mass is 79.9. The van der Waals surface area contributed by atoms with Crippen molar-refractivity contribution in [2.75, 3.05) is 24.3 Å². The summed E-state index contributed by atoms with van der Waals surface area (Å²) in [4.78, 5) is 6.25. The van der Waals surface area contributed by atoms with Crippen molar-refractivity contribution >= 4 is 27.3 Å². The Morgan fingerprint density at radius 3 is 2.74 bits per heavy atom. The number of hydrogen-bond acceptors (Lipinski definition) is 3. The van der Waals surface area contributed by atoms with Crippen LogP contribution in [0, 0.1) is 6.92 Å². The molecule has 0 saturated heterocycles. The summed E-state index contributed by atoms with van der Waals surface area (Å²) in [6.45, 7) is 2.86. The number of rotatable bonds is 4. The number of nitrogens with one attached hydrogen (secondary N) is 1. The Morgan fingerprint density at radius 1 is 1.26 bits per heavy atom. The van der Waals surface area contributed by atoms with Crippen LogP contribution in [0.3, 0.4) is 0 Å². The second-order valence-electron chi connectivity index (χ2n) is 4.74. The normalized spacial score (nSPS) is 10.3. The van der Waals surface area contributed by atoms with Gasteiger partial charge < -0.3 is 10.2 Å². The lowest BCUT2D eigenvalue weighted by atomic mass is 10.1. The first-order valence-electron chi connectivity index (χ1n) is 6.18. The molecule has 4 heteroatoms. The maximum Gasteiger partial charge on any atom is 0.0766 e. The van der Waals surface area contributed by atoms with E-state index in [1.54, 1.807) is 0 Å². The molecule has 0 aliphatic rings. The molecule has 2 rings (SSSR count). The van der Waals surface area contributed by atoms with E-state index in [-0.39, 0.29) is 0 Å². The highest BCUT2D eigenvalue weighted by Crippen LogP contribution is 2.24. The van der Waals surface area contributed by atoms with Gasteiger partial charge in [-0.05, 0) is 30.2 Å². The third kappa shape index (κ3) is 3.47. The summed E-state index contributed by atoms with van der Waals surface area (Å²) >= 11 is 3.60. The summed E-state index contributed by atoms with van der Waals surface area (Å²) in [5.74, 6) is 0. The standard InChI is InChI=1S/C15H18BrN3/c1-11-4-5-12(13(16)8-11)9-18-14-10-17-7-6-15(14)19(2)3/h4-8,10,18H,9H2,1-3H3. The largest absolute Gasteiger partial charge is 0.378 e. The molecule has 0 saturated carbocycles. The Labute approximate surface area is 122 Å². The molecule has 0 aliphatic carbocycles. The maximum atomic E-state index is 4.18. The molecule has 3 nitrogen and oxygen atoms in total. The van der Waals surface area contributed by atoms with Crippen molar-refractivity contribution in [2.24, 2.45) is 0 Å². The van der Waals surface area contributed by atoms with Crippen LogP contribution in [0.1, 0.15) is 11.1 Å². The third-order valence-corrected chi connectivity index (χ3v) is 3.70. The van der Waals surface area contributed by atoms with Crippen molar-refractivity contribution in [3.63, 3.8) is 0 Å². The van der Waals surface area contributed by atoms with Crippen molar-refractivity contribution < 1.29 is 0 Å². The monoisotopic (exact) mass is 319 g/mol. The molecule has 0 spiro atoms. The first-order valence-corrected chi connectivity index (χ1v) is 6.97. The average Bonchev–Trinajstić information content (AvgIpc) is 2.38. The van der Waals surface area contributed by atoms with Gasteiger partial charge in [-0.1, -0.05) is 28.1 Å². The zero-order valence-corrected chi connectivity index (χ0v) is 13.0. The fraction of sp³-hybridized carbons (Fsp3) is 0.267. The first-order chi connectivity index (χ1) is 9.08. The highest BCUT2D eigenvalue weighted by Gasteiger charge is 2.05.